The molecular weight excluding hydrogens is 349 g/mol. The third-order valence-electron chi connectivity index (χ3n) is 3.60. The number of imidazole rings is 1. The molecule has 1 amide bonds. The minimum absolute atomic E-state index is 0.317. The van der Waals surface area contributed by atoms with Gasteiger partial charge in [0.15, 0.2) is 0 Å². The lowest BCUT2D eigenvalue weighted by atomic mass is 10.1. The number of hydrogen-bond acceptors (Lipinski definition) is 3. The molecule has 0 atom stereocenters. The number of carbonyl (C=O) groups is 1. The first kappa shape index (κ1) is 17.5. The van der Waals surface area contributed by atoms with Crippen LogP contribution in [-0.2, 0) is 6.18 Å². The van der Waals surface area contributed by atoms with Crippen molar-refractivity contribution >= 4 is 11.6 Å². The molecule has 0 aliphatic heterocycles. The highest BCUT2D eigenvalue weighted by Gasteiger charge is 2.34. The van der Waals surface area contributed by atoms with Crippen molar-refractivity contribution in [1.82, 2.24) is 15.0 Å². The standard InChI is InChI=1S/C17H13F3N4O2/c1-9-7-21-14(23-9)11-4-2-3-5-13(11)24-15(25)10-6-12(17(18,19)20)16(26)22-8-10/h2-8H,1H3,(H,21,23)(H,22,26)(H,24,25). The molecule has 0 spiro atoms. The van der Waals surface area contributed by atoms with Gasteiger partial charge in [-0.15, -0.1) is 0 Å². The first-order valence-corrected chi connectivity index (χ1v) is 7.48. The Morgan fingerprint density at radius 3 is 2.62 bits per heavy atom. The molecule has 0 saturated heterocycles. The number of rotatable bonds is 3. The summed E-state index contributed by atoms with van der Waals surface area (Å²) in [7, 11) is 0. The SMILES string of the molecule is Cc1cnc(-c2ccccc2NC(=O)c2c[nH]c(=O)c(C(F)(F)F)c2)[nH]1. The number of H-pyrrole nitrogens is 2. The maximum atomic E-state index is 12.8. The van der Waals surface area contributed by atoms with Crippen molar-refractivity contribution in [3.63, 3.8) is 0 Å². The first-order chi connectivity index (χ1) is 12.3. The van der Waals surface area contributed by atoms with Gasteiger partial charge in [0.25, 0.3) is 11.5 Å². The number of aromatic amines is 2. The zero-order valence-electron chi connectivity index (χ0n) is 13.4. The minimum atomic E-state index is -4.85. The van der Waals surface area contributed by atoms with Gasteiger partial charge in [-0.1, -0.05) is 12.1 Å². The van der Waals surface area contributed by atoms with E-state index in [1.807, 2.05) is 11.9 Å². The van der Waals surface area contributed by atoms with Crippen LogP contribution in [0.3, 0.4) is 0 Å². The van der Waals surface area contributed by atoms with Gasteiger partial charge >= 0.3 is 6.18 Å². The highest BCUT2D eigenvalue weighted by Crippen LogP contribution is 2.28. The summed E-state index contributed by atoms with van der Waals surface area (Å²) in [6, 6.07) is 7.24. The first-order valence-electron chi connectivity index (χ1n) is 7.48. The molecule has 0 aliphatic rings. The number of aromatic nitrogens is 3. The Kier molecular flexibility index (Phi) is 4.37. The second-order valence-electron chi connectivity index (χ2n) is 5.54. The van der Waals surface area contributed by atoms with Crippen LogP contribution in [0, 0.1) is 6.92 Å². The van der Waals surface area contributed by atoms with Crippen LogP contribution in [0.1, 0.15) is 21.6 Å². The second kappa shape index (κ2) is 6.51. The van der Waals surface area contributed by atoms with Crippen LogP contribution in [0.25, 0.3) is 11.4 Å². The molecule has 0 fully saturated rings. The molecule has 2 aromatic heterocycles. The molecule has 0 saturated carbocycles. The molecule has 2 heterocycles. The van der Waals surface area contributed by atoms with Crippen molar-refractivity contribution in [3.05, 3.63) is 69.9 Å². The van der Waals surface area contributed by atoms with E-state index in [1.165, 1.54) is 0 Å². The second-order valence-corrected chi connectivity index (χ2v) is 5.54. The normalized spacial score (nSPS) is 11.4. The zero-order chi connectivity index (χ0) is 18.9. The van der Waals surface area contributed by atoms with E-state index in [-0.39, 0.29) is 5.56 Å². The van der Waals surface area contributed by atoms with Gasteiger partial charge in [-0.05, 0) is 25.1 Å². The van der Waals surface area contributed by atoms with Gasteiger partial charge in [0.1, 0.15) is 11.4 Å². The van der Waals surface area contributed by atoms with Crippen LogP contribution in [0.2, 0.25) is 0 Å². The Balaban J connectivity index is 1.94. The summed E-state index contributed by atoms with van der Waals surface area (Å²) in [5.74, 6) is -0.279. The predicted molar refractivity (Wildman–Crippen MR) is 88.8 cm³/mol. The van der Waals surface area contributed by atoms with E-state index >= 15 is 0 Å². The number of nitrogens with one attached hydrogen (secondary N) is 3. The van der Waals surface area contributed by atoms with Crippen molar-refractivity contribution in [2.24, 2.45) is 0 Å². The van der Waals surface area contributed by atoms with Crippen molar-refractivity contribution in [2.75, 3.05) is 5.32 Å². The number of anilines is 1. The highest BCUT2D eigenvalue weighted by atomic mass is 19.4. The molecule has 0 radical (unpaired) electrons. The lowest BCUT2D eigenvalue weighted by Crippen LogP contribution is -2.23. The van der Waals surface area contributed by atoms with Gasteiger partial charge < -0.3 is 15.3 Å². The van der Waals surface area contributed by atoms with Gasteiger partial charge in [-0.2, -0.15) is 13.2 Å². The van der Waals surface area contributed by atoms with E-state index in [0.717, 1.165) is 11.9 Å². The summed E-state index contributed by atoms with van der Waals surface area (Å²) < 4.78 is 38.5. The highest BCUT2D eigenvalue weighted by molar-refractivity contribution is 6.05. The Morgan fingerprint density at radius 1 is 1.23 bits per heavy atom. The van der Waals surface area contributed by atoms with Crippen LogP contribution >= 0.6 is 0 Å². The number of nitrogens with zero attached hydrogens (tertiary/aromatic N) is 1. The molecule has 6 nitrogen and oxygen atoms in total. The average Bonchev–Trinajstić information content (AvgIpc) is 3.01. The quantitative estimate of drug-likeness (QED) is 0.667. The Labute approximate surface area is 145 Å². The third-order valence-corrected chi connectivity index (χ3v) is 3.60. The topological polar surface area (TPSA) is 90.6 Å². The van der Waals surface area contributed by atoms with E-state index in [4.69, 9.17) is 0 Å². The van der Waals surface area contributed by atoms with Crippen LogP contribution in [0.5, 0.6) is 0 Å². The molecule has 9 heteroatoms. The fraction of sp³-hybridized carbons (Fsp3) is 0.118. The monoisotopic (exact) mass is 362 g/mol. The fourth-order valence-corrected chi connectivity index (χ4v) is 2.37. The molecule has 3 N–H and O–H groups in total. The summed E-state index contributed by atoms with van der Waals surface area (Å²) >= 11 is 0. The van der Waals surface area contributed by atoms with Gasteiger partial charge in [0, 0.05) is 23.7 Å². The van der Waals surface area contributed by atoms with E-state index in [2.05, 4.69) is 15.3 Å². The Hall–Kier alpha value is -3.36. The Bertz CT molecular complexity index is 1020. The number of carbonyl (C=O) groups excluding carboxylic acids is 1. The van der Waals surface area contributed by atoms with E-state index in [0.29, 0.717) is 23.1 Å². The van der Waals surface area contributed by atoms with Crippen molar-refractivity contribution in [3.8, 4) is 11.4 Å². The third kappa shape index (κ3) is 3.51. The summed E-state index contributed by atoms with van der Waals surface area (Å²) in [5.41, 5.74) is -1.29. The molecule has 3 rings (SSSR count). The number of amides is 1. The fourth-order valence-electron chi connectivity index (χ4n) is 2.37. The van der Waals surface area contributed by atoms with Crippen LogP contribution in [0.4, 0.5) is 18.9 Å². The zero-order valence-corrected chi connectivity index (χ0v) is 13.4. The summed E-state index contributed by atoms with van der Waals surface area (Å²) in [6.07, 6.45) is -2.30. The van der Waals surface area contributed by atoms with Crippen molar-refractivity contribution in [1.29, 1.82) is 0 Å². The number of para-hydroxylation sites is 1. The van der Waals surface area contributed by atoms with Gasteiger partial charge in [0.2, 0.25) is 0 Å². The molecule has 1 aromatic carbocycles. The maximum absolute atomic E-state index is 12.8. The van der Waals surface area contributed by atoms with Crippen molar-refractivity contribution in [2.45, 2.75) is 13.1 Å². The lowest BCUT2D eigenvalue weighted by molar-refractivity contribution is -0.138. The minimum Gasteiger partial charge on any atom is -0.342 e. The van der Waals surface area contributed by atoms with Crippen LogP contribution < -0.4 is 10.9 Å². The molecular formula is C17H13F3N4O2. The average molecular weight is 362 g/mol. The summed E-state index contributed by atoms with van der Waals surface area (Å²) in [5, 5.41) is 2.54. The van der Waals surface area contributed by atoms with E-state index in [1.54, 1.807) is 30.5 Å². The van der Waals surface area contributed by atoms with Gasteiger partial charge in [0.05, 0.1) is 11.3 Å². The van der Waals surface area contributed by atoms with E-state index < -0.39 is 23.2 Å². The predicted octanol–water partition coefficient (Wildman–Crippen LogP) is 3.34. The van der Waals surface area contributed by atoms with Crippen LogP contribution in [0.15, 0.2) is 47.5 Å². The number of hydrogen-bond donors (Lipinski definition) is 3. The molecule has 0 aliphatic carbocycles. The molecule has 3 aromatic rings. The number of pyridine rings is 1. The summed E-state index contributed by atoms with van der Waals surface area (Å²) in [6.45, 7) is 1.82. The molecule has 26 heavy (non-hydrogen) atoms. The Morgan fingerprint density at radius 2 is 1.96 bits per heavy atom. The number of alkyl halides is 3. The van der Waals surface area contributed by atoms with Gasteiger partial charge in [-0.25, -0.2) is 4.98 Å². The largest absolute Gasteiger partial charge is 0.421 e. The van der Waals surface area contributed by atoms with Crippen LogP contribution in [-0.4, -0.2) is 20.9 Å². The number of benzene rings is 1. The lowest BCUT2D eigenvalue weighted by Gasteiger charge is -2.11. The summed E-state index contributed by atoms with van der Waals surface area (Å²) in [4.78, 5) is 32.8. The number of aryl methyl sites for hydroxylation is 1. The smallest absolute Gasteiger partial charge is 0.342 e. The molecule has 134 valence electrons. The van der Waals surface area contributed by atoms with Crippen molar-refractivity contribution < 1.29 is 18.0 Å². The maximum Gasteiger partial charge on any atom is 0.421 e. The molecule has 0 unspecified atom stereocenters. The molecule has 0 bridgehead atoms. The van der Waals surface area contributed by atoms with E-state index in [9.17, 15) is 22.8 Å². The number of halogens is 3. The van der Waals surface area contributed by atoms with Gasteiger partial charge in [-0.3, -0.25) is 9.59 Å².